The van der Waals surface area contributed by atoms with E-state index in [1.165, 1.54) is 6.33 Å². The Labute approximate surface area is 104 Å². The van der Waals surface area contributed by atoms with E-state index in [-0.39, 0.29) is 0 Å². The summed E-state index contributed by atoms with van der Waals surface area (Å²) in [4.78, 5) is 3.96. The van der Waals surface area contributed by atoms with Gasteiger partial charge in [0.25, 0.3) is 0 Å². The number of nitrogens with zero attached hydrogens (tertiary/aromatic N) is 2. The van der Waals surface area contributed by atoms with Gasteiger partial charge in [0.2, 0.25) is 5.89 Å². The molecule has 0 fully saturated rings. The third-order valence-corrected chi connectivity index (χ3v) is 2.80. The third kappa shape index (κ3) is 2.26. The Morgan fingerprint density at radius 2 is 2.17 bits per heavy atom. The van der Waals surface area contributed by atoms with E-state index in [0.29, 0.717) is 5.89 Å². The van der Waals surface area contributed by atoms with Gasteiger partial charge >= 0.3 is 0 Å². The molecule has 0 atom stereocenters. The molecular formula is C13H13N3O2. The minimum atomic E-state index is 0.652. The maximum absolute atomic E-state index is 5.47. The fraction of sp³-hybridized carbons (Fsp3) is 0.231. The first kappa shape index (κ1) is 11.0. The zero-order valence-electron chi connectivity index (χ0n) is 9.80. The van der Waals surface area contributed by atoms with E-state index in [0.717, 1.165) is 36.0 Å². The van der Waals surface area contributed by atoms with Crippen molar-refractivity contribution in [2.45, 2.75) is 13.0 Å². The Morgan fingerprint density at radius 1 is 1.22 bits per heavy atom. The van der Waals surface area contributed by atoms with E-state index in [2.05, 4.69) is 21.5 Å². The summed E-state index contributed by atoms with van der Waals surface area (Å²) < 4.78 is 10.4. The number of rotatable bonds is 5. The second-order valence-electron chi connectivity index (χ2n) is 4.02. The molecule has 0 unspecified atom stereocenters. The highest BCUT2D eigenvalue weighted by Crippen LogP contribution is 2.20. The molecule has 0 bridgehead atoms. The average molecular weight is 243 g/mol. The van der Waals surface area contributed by atoms with Gasteiger partial charge in [0.1, 0.15) is 5.58 Å². The van der Waals surface area contributed by atoms with Crippen LogP contribution in [0.1, 0.15) is 11.5 Å². The fourth-order valence-corrected chi connectivity index (χ4v) is 1.89. The van der Waals surface area contributed by atoms with Crippen molar-refractivity contribution in [2.24, 2.45) is 0 Å². The van der Waals surface area contributed by atoms with Gasteiger partial charge in [-0.1, -0.05) is 23.4 Å². The minimum absolute atomic E-state index is 0.652. The van der Waals surface area contributed by atoms with Gasteiger partial charge in [0.15, 0.2) is 6.33 Å². The maximum Gasteiger partial charge on any atom is 0.227 e. The molecular weight excluding hydrogens is 230 g/mol. The predicted molar refractivity (Wildman–Crippen MR) is 65.9 cm³/mol. The first-order valence-electron chi connectivity index (χ1n) is 5.85. The van der Waals surface area contributed by atoms with Crippen molar-refractivity contribution in [3.63, 3.8) is 0 Å². The number of furan rings is 1. The standard InChI is InChI=1S/C13H13N3O2/c1-2-4-12-11(3-1)10(8-17-12)7-14-6-5-13-15-9-16-18-13/h1-4,8-9,14H,5-7H2. The van der Waals surface area contributed by atoms with Crippen LogP contribution in [0.15, 0.2) is 45.8 Å². The van der Waals surface area contributed by atoms with Gasteiger partial charge in [-0.25, -0.2) is 0 Å². The van der Waals surface area contributed by atoms with Crippen LogP contribution in [0.4, 0.5) is 0 Å². The normalized spacial score (nSPS) is 11.1. The Morgan fingerprint density at radius 3 is 3.06 bits per heavy atom. The second-order valence-corrected chi connectivity index (χ2v) is 4.02. The van der Waals surface area contributed by atoms with Gasteiger partial charge in [-0.05, 0) is 6.07 Å². The van der Waals surface area contributed by atoms with Crippen molar-refractivity contribution in [1.29, 1.82) is 0 Å². The molecule has 3 aromatic rings. The molecule has 0 radical (unpaired) electrons. The van der Waals surface area contributed by atoms with Gasteiger partial charge in [0.05, 0.1) is 6.26 Å². The topological polar surface area (TPSA) is 64.1 Å². The molecule has 0 aliphatic carbocycles. The highest BCUT2D eigenvalue weighted by Gasteiger charge is 2.04. The van der Waals surface area contributed by atoms with Crippen LogP contribution in [-0.2, 0) is 13.0 Å². The Hall–Kier alpha value is -2.14. The molecule has 1 aromatic carbocycles. The fourth-order valence-electron chi connectivity index (χ4n) is 1.89. The molecule has 0 aliphatic heterocycles. The van der Waals surface area contributed by atoms with Crippen molar-refractivity contribution in [1.82, 2.24) is 15.5 Å². The largest absolute Gasteiger partial charge is 0.464 e. The number of para-hydroxylation sites is 1. The van der Waals surface area contributed by atoms with E-state index in [4.69, 9.17) is 8.94 Å². The lowest BCUT2D eigenvalue weighted by molar-refractivity contribution is 0.375. The summed E-state index contributed by atoms with van der Waals surface area (Å²) in [7, 11) is 0. The monoisotopic (exact) mass is 243 g/mol. The lowest BCUT2D eigenvalue weighted by Crippen LogP contribution is -2.16. The number of hydrogen-bond donors (Lipinski definition) is 1. The van der Waals surface area contributed by atoms with Gasteiger partial charge in [-0.3, -0.25) is 0 Å². The molecule has 1 N–H and O–H groups in total. The first-order valence-corrected chi connectivity index (χ1v) is 5.85. The van der Waals surface area contributed by atoms with E-state index in [9.17, 15) is 0 Å². The predicted octanol–water partition coefficient (Wildman–Crippen LogP) is 2.15. The molecule has 2 aromatic heterocycles. The Kier molecular flexibility index (Phi) is 3.06. The van der Waals surface area contributed by atoms with E-state index >= 15 is 0 Å². The number of fused-ring (bicyclic) bond motifs is 1. The molecule has 5 nitrogen and oxygen atoms in total. The van der Waals surface area contributed by atoms with E-state index in [1.807, 2.05) is 18.2 Å². The molecule has 2 heterocycles. The molecule has 0 saturated carbocycles. The summed E-state index contributed by atoms with van der Waals surface area (Å²) in [6, 6.07) is 8.02. The first-order chi connectivity index (χ1) is 8.93. The highest BCUT2D eigenvalue weighted by atomic mass is 16.5. The number of aromatic nitrogens is 2. The minimum Gasteiger partial charge on any atom is -0.464 e. The van der Waals surface area contributed by atoms with Crippen molar-refractivity contribution < 1.29 is 8.94 Å². The van der Waals surface area contributed by atoms with Crippen LogP contribution in [0, 0.1) is 0 Å². The molecule has 0 amide bonds. The van der Waals surface area contributed by atoms with Crippen LogP contribution >= 0.6 is 0 Å². The molecule has 0 aliphatic rings. The molecule has 5 heteroatoms. The lowest BCUT2D eigenvalue weighted by Gasteiger charge is -2.00. The van der Waals surface area contributed by atoms with Crippen LogP contribution in [0.25, 0.3) is 11.0 Å². The van der Waals surface area contributed by atoms with Crippen molar-refractivity contribution >= 4 is 11.0 Å². The maximum atomic E-state index is 5.47. The quantitative estimate of drug-likeness (QED) is 0.695. The van der Waals surface area contributed by atoms with Gasteiger partial charge in [0, 0.05) is 30.5 Å². The van der Waals surface area contributed by atoms with Gasteiger partial charge in [-0.15, -0.1) is 0 Å². The van der Waals surface area contributed by atoms with Crippen LogP contribution < -0.4 is 5.32 Å². The molecule has 18 heavy (non-hydrogen) atoms. The number of benzene rings is 1. The number of hydrogen-bond acceptors (Lipinski definition) is 5. The molecule has 92 valence electrons. The van der Waals surface area contributed by atoms with Crippen LogP contribution in [0.2, 0.25) is 0 Å². The summed E-state index contributed by atoms with van der Waals surface area (Å²) in [5.74, 6) is 0.652. The molecule has 0 spiro atoms. The van der Waals surface area contributed by atoms with Crippen molar-refractivity contribution in [2.75, 3.05) is 6.54 Å². The number of nitrogens with one attached hydrogen (secondary N) is 1. The smallest absolute Gasteiger partial charge is 0.227 e. The van der Waals surface area contributed by atoms with Crippen LogP contribution in [0.3, 0.4) is 0 Å². The Balaban J connectivity index is 1.57. The average Bonchev–Trinajstić information content (AvgIpc) is 3.04. The van der Waals surface area contributed by atoms with Crippen LogP contribution in [0.5, 0.6) is 0 Å². The summed E-state index contributed by atoms with van der Waals surface area (Å²) in [6.07, 6.45) is 3.94. The summed E-state index contributed by atoms with van der Waals surface area (Å²) in [5, 5.41) is 8.05. The molecule has 3 rings (SSSR count). The van der Waals surface area contributed by atoms with Crippen molar-refractivity contribution in [3.05, 3.63) is 48.3 Å². The Bertz CT molecular complexity index is 616. The van der Waals surface area contributed by atoms with Crippen molar-refractivity contribution in [3.8, 4) is 0 Å². The molecule has 0 saturated heterocycles. The van der Waals surface area contributed by atoms with E-state index < -0.39 is 0 Å². The zero-order chi connectivity index (χ0) is 12.2. The van der Waals surface area contributed by atoms with Gasteiger partial charge in [-0.2, -0.15) is 4.98 Å². The lowest BCUT2D eigenvalue weighted by atomic mass is 10.2. The second kappa shape index (κ2) is 5.01. The van der Waals surface area contributed by atoms with Gasteiger partial charge < -0.3 is 14.3 Å². The van der Waals surface area contributed by atoms with E-state index in [1.54, 1.807) is 6.26 Å². The van der Waals surface area contributed by atoms with Crippen LogP contribution in [-0.4, -0.2) is 16.7 Å². The summed E-state index contributed by atoms with van der Waals surface area (Å²) >= 11 is 0. The summed E-state index contributed by atoms with van der Waals surface area (Å²) in [5.41, 5.74) is 2.09. The zero-order valence-corrected chi connectivity index (χ0v) is 9.80. The highest BCUT2D eigenvalue weighted by molar-refractivity contribution is 5.80. The third-order valence-electron chi connectivity index (χ3n) is 2.80. The summed E-state index contributed by atoms with van der Waals surface area (Å²) in [6.45, 7) is 1.56. The SMILES string of the molecule is c1ccc2c(CNCCc3ncno3)coc2c1.